The molecule has 3 rings (SSSR count). The second-order valence-corrected chi connectivity index (χ2v) is 5.81. The van der Waals surface area contributed by atoms with E-state index in [0.717, 1.165) is 0 Å². The van der Waals surface area contributed by atoms with Gasteiger partial charge < -0.3 is 19.8 Å². The molecule has 126 valence electrons. The Kier molecular flexibility index (Phi) is 4.24. The third kappa shape index (κ3) is 2.97. The number of hydrogen-bond acceptors (Lipinski definition) is 5. The summed E-state index contributed by atoms with van der Waals surface area (Å²) in [6, 6.07) is 6.18. The van der Waals surface area contributed by atoms with Crippen LogP contribution < -0.4 is 16.1 Å². The van der Waals surface area contributed by atoms with Crippen molar-refractivity contribution in [1.29, 1.82) is 0 Å². The zero-order valence-electron chi connectivity index (χ0n) is 13.3. The largest absolute Gasteiger partial charge is 0.497 e. The lowest BCUT2D eigenvalue weighted by molar-refractivity contribution is -0.123. The van der Waals surface area contributed by atoms with Crippen molar-refractivity contribution in [3.8, 4) is 5.75 Å². The molecule has 0 atom stereocenters. The van der Waals surface area contributed by atoms with E-state index >= 15 is 0 Å². The maximum atomic E-state index is 12.8. The maximum Gasteiger partial charge on any atom is 0.337 e. The molecule has 2 heterocycles. The van der Waals surface area contributed by atoms with Gasteiger partial charge in [-0.15, -0.1) is 0 Å². The van der Waals surface area contributed by atoms with Crippen molar-refractivity contribution in [2.45, 2.75) is 12.8 Å². The molecule has 1 fully saturated rings. The minimum absolute atomic E-state index is 0.198. The second kappa shape index (κ2) is 6.35. The second-order valence-electron chi connectivity index (χ2n) is 5.81. The van der Waals surface area contributed by atoms with Crippen molar-refractivity contribution in [2.75, 3.05) is 20.2 Å². The number of nitrogens with zero attached hydrogens (tertiary/aromatic N) is 1. The summed E-state index contributed by atoms with van der Waals surface area (Å²) in [6.45, 7) is 0.870. The predicted octanol–water partition coefficient (Wildman–Crippen LogP) is 1.14. The summed E-state index contributed by atoms with van der Waals surface area (Å²) < 4.78 is 10.3. The molecule has 2 N–H and O–H groups in total. The molecule has 0 spiro atoms. The SMILES string of the molecule is COc1ccc2c(C(=O)N3CCC(C(N)=O)CC3)cc(=O)oc2c1. The monoisotopic (exact) mass is 330 g/mol. The molecule has 24 heavy (non-hydrogen) atoms. The van der Waals surface area contributed by atoms with Crippen LogP contribution in [0, 0.1) is 5.92 Å². The smallest absolute Gasteiger partial charge is 0.337 e. The quantitative estimate of drug-likeness (QED) is 0.850. The first-order valence-corrected chi connectivity index (χ1v) is 7.70. The Hall–Kier alpha value is -2.83. The topological polar surface area (TPSA) is 103 Å². The molecule has 2 amide bonds. The van der Waals surface area contributed by atoms with Gasteiger partial charge in [0.1, 0.15) is 11.3 Å². The fraction of sp³-hybridized carbons (Fsp3) is 0.353. The highest BCUT2D eigenvalue weighted by Crippen LogP contribution is 2.25. The van der Waals surface area contributed by atoms with Crippen molar-refractivity contribution < 1.29 is 18.7 Å². The normalized spacial score (nSPS) is 15.5. The summed E-state index contributed by atoms with van der Waals surface area (Å²) in [6.07, 6.45) is 1.07. The third-order valence-corrected chi connectivity index (χ3v) is 4.37. The van der Waals surface area contributed by atoms with E-state index in [0.29, 0.717) is 48.2 Å². The van der Waals surface area contributed by atoms with Gasteiger partial charge in [0.25, 0.3) is 5.91 Å². The molecule has 0 radical (unpaired) electrons. The van der Waals surface area contributed by atoms with Gasteiger partial charge in [0.2, 0.25) is 5.91 Å². The highest BCUT2D eigenvalue weighted by Gasteiger charge is 2.27. The molecule has 2 aromatic rings. The number of likely N-dealkylation sites (tertiary alicyclic amines) is 1. The van der Waals surface area contributed by atoms with E-state index in [1.807, 2.05) is 0 Å². The van der Waals surface area contributed by atoms with Gasteiger partial charge in [0.05, 0.1) is 12.7 Å². The Morgan fingerprint density at radius 1 is 1.25 bits per heavy atom. The average molecular weight is 330 g/mol. The highest BCUT2D eigenvalue weighted by atomic mass is 16.5. The van der Waals surface area contributed by atoms with Crippen molar-refractivity contribution in [3.63, 3.8) is 0 Å². The number of rotatable bonds is 3. The standard InChI is InChI=1S/C17H18N2O5/c1-23-11-2-3-12-13(9-15(20)24-14(12)8-11)17(22)19-6-4-10(5-7-19)16(18)21/h2-3,8-10H,4-7H2,1H3,(H2,18,21). The number of hydrogen-bond donors (Lipinski definition) is 1. The van der Waals surface area contributed by atoms with E-state index in [-0.39, 0.29) is 17.7 Å². The molecule has 7 heteroatoms. The van der Waals surface area contributed by atoms with E-state index in [2.05, 4.69) is 0 Å². The molecule has 0 unspecified atom stereocenters. The predicted molar refractivity (Wildman–Crippen MR) is 86.9 cm³/mol. The van der Waals surface area contributed by atoms with Gasteiger partial charge in [-0.05, 0) is 25.0 Å². The van der Waals surface area contributed by atoms with Crippen LogP contribution in [0.3, 0.4) is 0 Å². The molecule has 0 aliphatic carbocycles. The zero-order chi connectivity index (χ0) is 17.3. The van der Waals surface area contributed by atoms with Crippen LogP contribution in [0.2, 0.25) is 0 Å². The average Bonchev–Trinajstić information content (AvgIpc) is 2.59. The van der Waals surface area contributed by atoms with Crippen LogP contribution in [0.5, 0.6) is 5.75 Å². The minimum Gasteiger partial charge on any atom is -0.497 e. The van der Waals surface area contributed by atoms with Crippen molar-refractivity contribution in [1.82, 2.24) is 4.90 Å². The van der Waals surface area contributed by atoms with Crippen LogP contribution in [-0.4, -0.2) is 36.9 Å². The number of amides is 2. The van der Waals surface area contributed by atoms with E-state index in [9.17, 15) is 14.4 Å². The number of methoxy groups -OCH3 is 1. The van der Waals surface area contributed by atoms with E-state index in [4.69, 9.17) is 14.9 Å². The third-order valence-electron chi connectivity index (χ3n) is 4.37. The van der Waals surface area contributed by atoms with Crippen LogP contribution in [0.25, 0.3) is 11.0 Å². The highest BCUT2D eigenvalue weighted by molar-refractivity contribution is 6.05. The van der Waals surface area contributed by atoms with Crippen LogP contribution in [0.4, 0.5) is 0 Å². The molecular weight excluding hydrogens is 312 g/mol. The minimum atomic E-state index is -0.592. The molecular formula is C17H18N2O5. The van der Waals surface area contributed by atoms with Gasteiger partial charge in [-0.1, -0.05) is 0 Å². The van der Waals surface area contributed by atoms with Crippen molar-refractivity contribution in [3.05, 3.63) is 40.2 Å². The first-order valence-electron chi connectivity index (χ1n) is 7.70. The molecule has 1 aliphatic rings. The number of piperidine rings is 1. The summed E-state index contributed by atoms with van der Waals surface area (Å²) in [5.41, 5.74) is 5.32. The van der Waals surface area contributed by atoms with Gasteiger partial charge in [0, 0.05) is 36.5 Å². The van der Waals surface area contributed by atoms with Gasteiger partial charge in [-0.25, -0.2) is 4.79 Å². The summed E-state index contributed by atoms with van der Waals surface area (Å²) in [5, 5.41) is 0.553. The Morgan fingerprint density at radius 3 is 2.58 bits per heavy atom. The number of benzene rings is 1. The molecule has 7 nitrogen and oxygen atoms in total. The fourth-order valence-corrected chi connectivity index (χ4v) is 2.98. The first kappa shape index (κ1) is 16.0. The molecule has 0 bridgehead atoms. The molecule has 1 aliphatic heterocycles. The molecule has 1 aromatic heterocycles. The van der Waals surface area contributed by atoms with Gasteiger partial charge in [0.15, 0.2) is 0 Å². The number of primary amides is 1. The Labute approximate surface area is 138 Å². The van der Waals surface area contributed by atoms with E-state index in [1.165, 1.54) is 13.2 Å². The lowest BCUT2D eigenvalue weighted by atomic mass is 9.95. The maximum absolute atomic E-state index is 12.8. The number of carbonyl (C=O) groups excluding carboxylic acids is 2. The Morgan fingerprint density at radius 2 is 1.96 bits per heavy atom. The lowest BCUT2D eigenvalue weighted by Gasteiger charge is -2.30. The summed E-state index contributed by atoms with van der Waals surface area (Å²) in [7, 11) is 1.51. The lowest BCUT2D eigenvalue weighted by Crippen LogP contribution is -2.42. The Bertz CT molecular complexity index is 850. The Balaban J connectivity index is 1.93. The number of nitrogens with two attached hydrogens (primary N) is 1. The van der Waals surface area contributed by atoms with Crippen molar-refractivity contribution in [2.24, 2.45) is 11.7 Å². The van der Waals surface area contributed by atoms with Crippen LogP contribution in [-0.2, 0) is 4.79 Å². The zero-order valence-corrected chi connectivity index (χ0v) is 13.3. The molecule has 1 saturated heterocycles. The number of carbonyl (C=O) groups is 2. The summed E-state index contributed by atoms with van der Waals surface area (Å²) >= 11 is 0. The van der Waals surface area contributed by atoms with Crippen LogP contribution in [0.15, 0.2) is 33.5 Å². The van der Waals surface area contributed by atoms with E-state index < -0.39 is 5.63 Å². The summed E-state index contributed by atoms with van der Waals surface area (Å²) in [4.78, 5) is 37.5. The molecule has 0 saturated carbocycles. The fourth-order valence-electron chi connectivity index (χ4n) is 2.98. The molecule has 1 aromatic carbocycles. The van der Waals surface area contributed by atoms with Crippen LogP contribution in [0.1, 0.15) is 23.2 Å². The summed E-state index contributed by atoms with van der Waals surface area (Å²) in [5.74, 6) is -0.241. The van der Waals surface area contributed by atoms with Gasteiger partial charge in [-0.2, -0.15) is 0 Å². The van der Waals surface area contributed by atoms with Gasteiger partial charge in [-0.3, -0.25) is 9.59 Å². The first-order chi connectivity index (χ1) is 11.5. The number of ether oxygens (including phenoxy) is 1. The number of fused-ring (bicyclic) bond motifs is 1. The van der Waals surface area contributed by atoms with Gasteiger partial charge >= 0.3 is 5.63 Å². The van der Waals surface area contributed by atoms with Crippen LogP contribution >= 0.6 is 0 Å². The van der Waals surface area contributed by atoms with Crippen molar-refractivity contribution >= 4 is 22.8 Å². The van der Waals surface area contributed by atoms with E-state index in [1.54, 1.807) is 23.1 Å².